The Hall–Kier alpha value is -4.34. The van der Waals surface area contributed by atoms with Gasteiger partial charge in [-0.3, -0.25) is 19.3 Å². The SMILES string of the molecule is CCN1C(=O)c2cc(C#N)c(/N=N/c3cc4c(c5cccc(O)c35)N(CCC(=O)OC)CC(O)C4)c(Br)c2C1=O. The Morgan fingerprint density at radius 1 is 1.25 bits per heavy atom. The van der Waals surface area contributed by atoms with E-state index >= 15 is 0 Å². The highest BCUT2D eigenvalue weighted by Crippen LogP contribution is 2.45. The number of fused-ring (bicyclic) bond motifs is 4. The molecule has 204 valence electrons. The summed E-state index contributed by atoms with van der Waals surface area (Å²) in [5.74, 6) is -1.41. The highest BCUT2D eigenvalue weighted by molar-refractivity contribution is 9.10. The van der Waals surface area contributed by atoms with Gasteiger partial charge in [0.15, 0.2) is 0 Å². The maximum Gasteiger partial charge on any atom is 0.307 e. The van der Waals surface area contributed by atoms with Crippen molar-refractivity contribution in [1.29, 1.82) is 5.26 Å². The third-order valence-corrected chi connectivity index (χ3v) is 7.83. The topological polar surface area (TPSA) is 156 Å². The van der Waals surface area contributed by atoms with Crippen LogP contribution in [0, 0.1) is 11.3 Å². The molecular weight excluding hydrogens is 582 g/mol. The average Bonchev–Trinajstić information content (AvgIpc) is 3.18. The number of rotatable bonds is 6. The van der Waals surface area contributed by atoms with Crippen molar-refractivity contribution < 1.29 is 29.3 Å². The first-order valence-electron chi connectivity index (χ1n) is 12.5. The first-order chi connectivity index (χ1) is 19.2. The Bertz CT molecular complexity index is 1660. The minimum absolute atomic E-state index is 0.0457. The predicted octanol–water partition coefficient (Wildman–Crippen LogP) is 4.50. The molecule has 2 N–H and O–H groups in total. The number of anilines is 1. The molecule has 0 saturated heterocycles. The predicted molar refractivity (Wildman–Crippen MR) is 148 cm³/mol. The third kappa shape index (κ3) is 4.47. The molecule has 0 fully saturated rings. The molecule has 2 amide bonds. The third-order valence-electron chi connectivity index (χ3n) is 7.05. The molecule has 2 aliphatic heterocycles. The van der Waals surface area contributed by atoms with Gasteiger partial charge in [0.2, 0.25) is 0 Å². The number of hydrogen-bond acceptors (Lipinski definition) is 10. The summed E-state index contributed by atoms with van der Waals surface area (Å²) in [4.78, 5) is 40.3. The number of nitrogens with zero attached hydrogens (tertiary/aromatic N) is 5. The van der Waals surface area contributed by atoms with Crippen molar-refractivity contribution in [2.24, 2.45) is 10.2 Å². The number of benzene rings is 3. The van der Waals surface area contributed by atoms with E-state index in [0.717, 1.165) is 16.2 Å². The van der Waals surface area contributed by atoms with Crippen molar-refractivity contribution >= 4 is 61.5 Å². The van der Waals surface area contributed by atoms with E-state index in [9.17, 15) is 29.9 Å². The number of imide groups is 1. The molecule has 12 heteroatoms. The van der Waals surface area contributed by atoms with Crippen molar-refractivity contribution in [1.82, 2.24) is 4.90 Å². The number of aromatic hydroxyl groups is 1. The maximum absolute atomic E-state index is 12.9. The fourth-order valence-electron chi connectivity index (χ4n) is 5.25. The van der Waals surface area contributed by atoms with Crippen molar-refractivity contribution in [3.63, 3.8) is 0 Å². The molecular formula is C28H24BrN5O6. The summed E-state index contributed by atoms with van der Waals surface area (Å²) < 4.78 is 4.95. The Balaban J connectivity index is 1.65. The van der Waals surface area contributed by atoms with Gasteiger partial charge in [-0.25, -0.2) is 0 Å². The standard InChI is InChI=1S/C28H24BrN5O6/c1-3-34-27(38)18-10-15(12-30)25(24(29)23(18)28(34)39)32-31-19-11-14-9-16(35)13-33(8-7-21(37)40-2)26(14)17-5-4-6-20(36)22(17)19/h4-6,10-11,16,35-36H,3,7-9,13H2,1-2H3/b32-31+. The normalized spacial score (nSPS) is 16.4. The molecule has 40 heavy (non-hydrogen) atoms. The van der Waals surface area contributed by atoms with E-state index in [4.69, 9.17) is 4.74 Å². The number of nitriles is 1. The lowest BCUT2D eigenvalue weighted by molar-refractivity contribution is -0.140. The smallest absolute Gasteiger partial charge is 0.307 e. The molecule has 0 saturated carbocycles. The van der Waals surface area contributed by atoms with Gasteiger partial charge in [0.05, 0.1) is 51.9 Å². The maximum atomic E-state index is 12.9. The van der Waals surface area contributed by atoms with Crippen LogP contribution >= 0.6 is 15.9 Å². The summed E-state index contributed by atoms with van der Waals surface area (Å²) in [7, 11) is 1.32. The summed E-state index contributed by atoms with van der Waals surface area (Å²) in [5, 5.41) is 41.0. The van der Waals surface area contributed by atoms with Gasteiger partial charge in [0.25, 0.3) is 11.8 Å². The first-order valence-corrected chi connectivity index (χ1v) is 13.3. The number of carbonyl (C=O) groups is 3. The van der Waals surface area contributed by atoms with E-state index < -0.39 is 17.9 Å². The number of β-amino-alcohol motifs (C(OH)–C–C–N with tert-alkyl or cyclic N) is 1. The number of amides is 2. The quantitative estimate of drug-likeness (QED) is 0.236. The molecule has 1 atom stereocenters. The van der Waals surface area contributed by atoms with Crippen molar-refractivity contribution in [3.8, 4) is 11.8 Å². The van der Waals surface area contributed by atoms with Crippen LogP contribution in [-0.2, 0) is 16.0 Å². The van der Waals surface area contributed by atoms with E-state index in [-0.39, 0.29) is 57.2 Å². The summed E-state index contributed by atoms with van der Waals surface area (Å²) in [5.41, 5.74) is 2.13. The number of carbonyl (C=O) groups excluding carboxylic acids is 3. The molecule has 2 heterocycles. The number of hydrogen-bond donors (Lipinski definition) is 2. The Morgan fingerprint density at radius 2 is 2.02 bits per heavy atom. The lowest BCUT2D eigenvalue weighted by Gasteiger charge is -2.35. The van der Waals surface area contributed by atoms with Gasteiger partial charge in [-0.1, -0.05) is 12.1 Å². The molecule has 0 radical (unpaired) electrons. The van der Waals surface area contributed by atoms with Crippen LogP contribution in [0.4, 0.5) is 17.1 Å². The van der Waals surface area contributed by atoms with E-state index in [1.807, 2.05) is 17.0 Å². The summed E-state index contributed by atoms with van der Waals surface area (Å²) in [6.07, 6.45) is -0.274. The average molecular weight is 606 g/mol. The van der Waals surface area contributed by atoms with Crippen LogP contribution < -0.4 is 4.90 Å². The molecule has 2 aliphatic rings. The molecule has 0 aromatic heterocycles. The van der Waals surface area contributed by atoms with Crippen LogP contribution in [0.5, 0.6) is 5.75 Å². The Morgan fingerprint density at radius 3 is 2.73 bits per heavy atom. The number of aliphatic hydroxyl groups excluding tert-OH is 1. The first kappa shape index (κ1) is 27.2. The van der Waals surface area contributed by atoms with Gasteiger partial charge in [0, 0.05) is 37.1 Å². The van der Waals surface area contributed by atoms with E-state index in [0.29, 0.717) is 30.3 Å². The molecule has 11 nitrogen and oxygen atoms in total. The summed E-state index contributed by atoms with van der Waals surface area (Å²) in [6, 6.07) is 10.1. The number of phenols is 1. The largest absolute Gasteiger partial charge is 0.507 e. The fourth-order valence-corrected chi connectivity index (χ4v) is 5.93. The van der Waals surface area contributed by atoms with E-state index in [2.05, 4.69) is 26.2 Å². The molecule has 0 bridgehead atoms. The number of methoxy groups -OCH3 is 1. The second-order valence-corrected chi connectivity index (χ2v) is 10.2. The molecule has 1 unspecified atom stereocenters. The minimum Gasteiger partial charge on any atom is -0.507 e. The zero-order valence-electron chi connectivity index (χ0n) is 21.6. The van der Waals surface area contributed by atoms with Crippen LogP contribution in [0.1, 0.15) is 45.2 Å². The number of aliphatic hydroxyl groups is 1. The number of phenolic OH excluding ortho intramolecular Hbond substituents is 1. The lowest BCUT2D eigenvalue weighted by Crippen LogP contribution is -2.39. The Kier molecular flexibility index (Phi) is 7.27. The number of esters is 1. The second kappa shape index (κ2) is 10.7. The minimum atomic E-state index is -0.703. The van der Waals surface area contributed by atoms with Gasteiger partial charge < -0.3 is 19.8 Å². The van der Waals surface area contributed by atoms with Gasteiger partial charge in [-0.2, -0.15) is 5.26 Å². The number of halogens is 1. The van der Waals surface area contributed by atoms with Crippen LogP contribution in [0.25, 0.3) is 10.8 Å². The van der Waals surface area contributed by atoms with Crippen LogP contribution in [0.2, 0.25) is 0 Å². The monoisotopic (exact) mass is 605 g/mol. The van der Waals surface area contributed by atoms with Crippen molar-refractivity contribution in [2.75, 3.05) is 31.6 Å². The highest BCUT2D eigenvalue weighted by Gasteiger charge is 2.38. The molecule has 0 aliphatic carbocycles. The van der Waals surface area contributed by atoms with Crippen molar-refractivity contribution in [3.05, 3.63) is 57.1 Å². The zero-order valence-corrected chi connectivity index (χ0v) is 23.2. The van der Waals surface area contributed by atoms with Gasteiger partial charge in [-0.05, 0) is 46.6 Å². The molecule has 3 aromatic rings. The zero-order chi connectivity index (χ0) is 28.7. The van der Waals surface area contributed by atoms with Crippen molar-refractivity contribution in [2.45, 2.75) is 25.9 Å². The van der Waals surface area contributed by atoms with E-state index in [1.54, 1.807) is 19.1 Å². The van der Waals surface area contributed by atoms with Gasteiger partial charge in [-0.15, -0.1) is 10.2 Å². The van der Waals surface area contributed by atoms with Crippen LogP contribution in [0.15, 0.2) is 45.0 Å². The summed E-state index contributed by atoms with van der Waals surface area (Å²) in [6.45, 7) is 2.46. The highest BCUT2D eigenvalue weighted by atomic mass is 79.9. The lowest BCUT2D eigenvalue weighted by atomic mass is 9.93. The molecule has 3 aromatic carbocycles. The van der Waals surface area contributed by atoms with E-state index in [1.165, 1.54) is 19.2 Å². The van der Waals surface area contributed by atoms with Crippen LogP contribution in [-0.4, -0.2) is 65.7 Å². The Labute approximate surface area is 237 Å². The van der Waals surface area contributed by atoms with Gasteiger partial charge >= 0.3 is 5.97 Å². The number of ether oxygens (including phenoxy) is 1. The summed E-state index contributed by atoms with van der Waals surface area (Å²) >= 11 is 3.37. The number of azo groups is 1. The molecule has 5 rings (SSSR count). The van der Waals surface area contributed by atoms with Gasteiger partial charge in [0.1, 0.15) is 17.5 Å². The van der Waals surface area contributed by atoms with Crippen LogP contribution in [0.3, 0.4) is 0 Å². The second-order valence-electron chi connectivity index (χ2n) is 9.41. The fraction of sp³-hybridized carbons (Fsp3) is 0.286. The molecule has 0 spiro atoms.